The molecule has 1 aliphatic carbocycles. The molecule has 0 bridgehead atoms. The second kappa shape index (κ2) is 7.14. The molecule has 1 unspecified atom stereocenters. The van der Waals surface area contributed by atoms with E-state index < -0.39 is 0 Å². The number of H-pyrrole nitrogens is 1. The lowest BCUT2D eigenvalue weighted by atomic mass is 9.68. The van der Waals surface area contributed by atoms with Gasteiger partial charge in [-0.2, -0.15) is 0 Å². The minimum absolute atomic E-state index is 0.208. The van der Waals surface area contributed by atoms with Gasteiger partial charge in [-0.25, -0.2) is 0 Å². The Bertz CT molecular complexity index is 1440. The molecule has 5 aromatic rings. The number of hydrogen-bond acceptors (Lipinski definition) is 0. The first kappa shape index (κ1) is 18.0. The highest BCUT2D eigenvalue weighted by Gasteiger charge is 2.34. The third-order valence-corrected chi connectivity index (χ3v) is 6.61. The number of aromatic nitrogens is 1. The number of fused-ring (bicyclic) bond motifs is 3. The average Bonchev–Trinajstić information content (AvgIpc) is 3.24. The Balaban J connectivity index is 1.58. The summed E-state index contributed by atoms with van der Waals surface area (Å²) >= 11 is 0. The van der Waals surface area contributed by atoms with Gasteiger partial charge in [0.25, 0.3) is 0 Å². The van der Waals surface area contributed by atoms with E-state index in [1.54, 1.807) is 0 Å². The zero-order chi connectivity index (χ0) is 20.7. The van der Waals surface area contributed by atoms with Gasteiger partial charge in [0.2, 0.25) is 0 Å². The molecule has 31 heavy (non-hydrogen) atoms. The van der Waals surface area contributed by atoms with Crippen LogP contribution < -0.4 is 0 Å². The molecule has 0 saturated heterocycles. The summed E-state index contributed by atoms with van der Waals surface area (Å²) in [6, 6.07) is 36.9. The smallest absolute Gasteiger partial charge is 0.0509 e. The van der Waals surface area contributed by atoms with Gasteiger partial charge in [0.1, 0.15) is 0 Å². The standard InChI is InChI=1S/C30H23N/c1-3-10-22(11-4-1)23-18-20-30(21-19-23,24-12-5-2-6-13-24)27-16-9-15-26-25-14-7-8-17-28(25)31-29(26)27/h1-20,31H,21H2. The number of rotatable bonds is 3. The zero-order valence-corrected chi connectivity index (χ0v) is 17.3. The van der Waals surface area contributed by atoms with Crippen LogP contribution in [0.25, 0.3) is 27.4 Å². The monoisotopic (exact) mass is 397 g/mol. The van der Waals surface area contributed by atoms with Gasteiger partial charge >= 0.3 is 0 Å². The molecular weight excluding hydrogens is 374 g/mol. The second-order valence-electron chi connectivity index (χ2n) is 8.30. The third kappa shape index (κ3) is 2.85. The van der Waals surface area contributed by atoms with Crippen LogP contribution in [0.3, 0.4) is 0 Å². The highest BCUT2D eigenvalue weighted by atomic mass is 14.7. The normalized spacial score (nSPS) is 18.4. The largest absolute Gasteiger partial charge is 0.354 e. The summed E-state index contributed by atoms with van der Waals surface area (Å²) in [4.78, 5) is 3.73. The van der Waals surface area contributed by atoms with Crippen molar-refractivity contribution >= 4 is 27.4 Å². The van der Waals surface area contributed by atoms with Gasteiger partial charge in [0.15, 0.2) is 0 Å². The van der Waals surface area contributed by atoms with Crippen LogP contribution in [0.4, 0.5) is 0 Å². The molecule has 1 aromatic heterocycles. The molecule has 1 aliphatic rings. The van der Waals surface area contributed by atoms with Crippen LogP contribution in [0.15, 0.2) is 121 Å². The molecule has 0 aliphatic heterocycles. The number of aromatic amines is 1. The van der Waals surface area contributed by atoms with E-state index in [0.717, 1.165) is 6.42 Å². The van der Waals surface area contributed by atoms with Gasteiger partial charge < -0.3 is 4.98 Å². The third-order valence-electron chi connectivity index (χ3n) is 6.61. The van der Waals surface area contributed by atoms with Crippen molar-refractivity contribution in [3.63, 3.8) is 0 Å². The van der Waals surface area contributed by atoms with E-state index in [1.807, 2.05) is 0 Å². The molecule has 148 valence electrons. The van der Waals surface area contributed by atoms with E-state index in [0.29, 0.717) is 0 Å². The van der Waals surface area contributed by atoms with E-state index in [-0.39, 0.29) is 5.41 Å². The summed E-state index contributed by atoms with van der Waals surface area (Å²) in [6.07, 6.45) is 8.02. The SMILES string of the molecule is C1=CC(c2ccccc2)(c2cccc3c2[nH]c2ccccc23)CC=C1c1ccccc1. The van der Waals surface area contributed by atoms with Gasteiger partial charge in [-0.1, -0.05) is 115 Å². The molecular formula is C30H23N. The lowest BCUT2D eigenvalue weighted by molar-refractivity contribution is 0.654. The van der Waals surface area contributed by atoms with Crippen molar-refractivity contribution in [3.05, 3.63) is 138 Å². The summed E-state index contributed by atoms with van der Waals surface area (Å²) < 4.78 is 0. The summed E-state index contributed by atoms with van der Waals surface area (Å²) in [5, 5.41) is 2.57. The zero-order valence-electron chi connectivity index (χ0n) is 17.3. The fourth-order valence-corrected chi connectivity index (χ4v) is 5.03. The van der Waals surface area contributed by atoms with E-state index >= 15 is 0 Å². The first-order chi connectivity index (χ1) is 15.4. The summed E-state index contributed by atoms with van der Waals surface area (Å²) in [7, 11) is 0. The van der Waals surface area contributed by atoms with Crippen LogP contribution in [0.2, 0.25) is 0 Å². The van der Waals surface area contributed by atoms with Crippen LogP contribution in [-0.4, -0.2) is 4.98 Å². The maximum atomic E-state index is 3.73. The molecule has 1 nitrogen and oxygen atoms in total. The molecule has 6 rings (SSSR count). The molecule has 0 fully saturated rings. The van der Waals surface area contributed by atoms with Crippen molar-refractivity contribution < 1.29 is 0 Å². The average molecular weight is 398 g/mol. The molecule has 4 aromatic carbocycles. The highest BCUT2D eigenvalue weighted by Crippen LogP contribution is 2.45. The predicted molar refractivity (Wildman–Crippen MR) is 131 cm³/mol. The molecule has 0 spiro atoms. The first-order valence-corrected chi connectivity index (χ1v) is 10.9. The molecule has 1 heteroatoms. The van der Waals surface area contributed by atoms with Crippen molar-refractivity contribution in [2.24, 2.45) is 0 Å². The minimum Gasteiger partial charge on any atom is -0.354 e. The quantitative estimate of drug-likeness (QED) is 0.322. The van der Waals surface area contributed by atoms with Gasteiger partial charge in [0, 0.05) is 21.7 Å². The van der Waals surface area contributed by atoms with Crippen molar-refractivity contribution in [2.45, 2.75) is 11.8 Å². The van der Waals surface area contributed by atoms with E-state index in [4.69, 9.17) is 0 Å². The van der Waals surface area contributed by atoms with E-state index in [2.05, 4.69) is 126 Å². The minimum atomic E-state index is -0.208. The molecule has 1 N–H and O–H groups in total. The van der Waals surface area contributed by atoms with Crippen molar-refractivity contribution in [1.82, 2.24) is 4.98 Å². The molecule has 1 atom stereocenters. The van der Waals surface area contributed by atoms with Crippen LogP contribution in [-0.2, 0) is 5.41 Å². The van der Waals surface area contributed by atoms with Crippen LogP contribution >= 0.6 is 0 Å². The maximum Gasteiger partial charge on any atom is 0.0509 e. The first-order valence-electron chi connectivity index (χ1n) is 10.9. The van der Waals surface area contributed by atoms with Crippen LogP contribution in [0.5, 0.6) is 0 Å². The summed E-state index contributed by atoms with van der Waals surface area (Å²) in [5.41, 5.74) is 7.41. The van der Waals surface area contributed by atoms with Gasteiger partial charge in [-0.15, -0.1) is 0 Å². The lowest BCUT2D eigenvalue weighted by Gasteiger charge is -2.34. The number of nitrogens with one attached hydrogen (secondary N) is 1. The topological polar surface area (TPSA) is 15.8 Å². The molecule has 1 heterocycles. The Hall–Kier alpha value is -3.84. The van der Waals surface area contributed by atoms with E-state index in [1.165, 1.54) is 44.1 Å². The Labute approximate surface area is 182 Å². The fourth-order valence-electron chi connectivity index (χ4n) is 5.03. The number of hydrogen-bond donors (Lipinski definition) is 1. The Morgan fingerprint density at radius 2 is 1.35 bits per heavy atom. The number of para-hydroxylation sites is 2. The second-order valence-corrected chi connectivity index (χ2v) is 8.30. The van der Waals surface area contributed by atoms with Crippen molar-refractivity contribution in [3.8, 4) is 0 Å². The highest BCUT2D eigenvalue weighted by molar-refractivity contribution is 6.08. The summed E-state index contributed by atoms with van der Waals surface area (Å²) in [6.45, 7) is 0. The van der Waals surface area contributed by atoms with Crippen LogP contribution in [0.1, 0.15) is 23.1 Å². The van der Waals surface area contributed by atoms with Crippen LogP contribution in [0, 0.1) is 0 Å². The van der Waals surface area contributed by atoms with Crippen molar-refractivity contribution in [2.75, 3.05) is 0 Å². The molecule has 0 amide bonds. The summed E-state index contributed by atoms with van der Waals surface area (Å²) in [5.74, 6) is 0. The molecule has 0 radical (unpaired) electrons. The van der Waals surface area contributed by atoms with Gasteiger partial charge in [-0.05, 0) is 34.8 Å². The Kier molecular flexibility index (Phi) is 4.14. The fraction of sp³-hybridized carbons (Fsp3) is 0.0667. The van der Waals surface area contributed by atoms with Crippen molar-refractivity contribution in [1.29, 1.82) is 0 Å². The Morgan fingerprint density at radius 3 is 2.13 bits per heavy atom. The van der Waals surface area contributed by atoms with E-state index in [9.17, 15) is 0 Å². The molecule has 0 saturated carbocycles. The predicted octanol–water partition coefficient (Wildman–Crippen LogP) is 7.65. The number of benzene rings is 4. The Morgan fingerprint density at radius 1 is 0.645 bits per heavy atom. The number of allylic oxidation sites excluding steroid dienone is 4. The lowest BCUT2D eigenvalue weighted by Crippen LogP contribution is -2.26. The van der Waals surface area contributed by atoms with Gasteiger partial charge in [-0.3, -0.25) is 0 Å². The van der Waals surface area contributed by atoms with Gasteiger partial charge in [0.05, 0.1) is 5.52 Å². The maximum absolute atomic E-state index is 3.73.